The zero-order chi connectivity index (χ0) is 18.2. The van der Waals surface area contributed by atoms with E-state index >= 15 is 0 Å². The second kappa shape index (κ2) is 6.86. The van der Waals surface area contributed by atoms with Gasteiger partial charge < -0.3 is 0 Å². The van der Waals surface area contributed by atoms with Crippen LogP contribution in [0.1, 0.15) is 36.4 Å². The third-order valence-corrected chi connectivity index (χ3v) is 6.29. The van der Waals surface area contributed by atoms with Crippen LogP contribution >= 0.6 is 11.8 Å². The second-order valence-electron chi connectivity index (χ2n) is 7.07. The molecule has 134 valence electrons. The first kappa shape index (κ1) is 16.6. The summed E-state index contributed by atoms with van der Waals surface area (Å²) in [4.78, 5) is 19.5. The maximum absolute atomic E-state index is 12.6. The highest BCUT2D eigenvalue weighted by Gasteiger charge is 2.42. The van der Waals surface area contributed by atoms with Gasteiger partial charge in [-0.05, 0) is 47.6 Å². The van der Waals surface area contributed by atoms with E-state index in [1.165, 1.54) is 22.3 Å². The standard InChI is InChI=1S/C23H20N2OS/c26-20-15-27-23-24-21-18(14-16-8-3-1-4-9-16)12-7-13-19(21)22(25(20)23)17-10-5-2-6-11-17/h1-6,8-11,14,22H,7,12-13,15H2/b18-14+/t22-/m1/s1. The number of fused-ring (bicyclic) bond motifs is 1. The Kier molecular flexibility index (Phi) is 4.21. The molecule has 2 aromatic carbocycles. The molecule has 3 aliphatic rings. The zero-order valence-electron chi connectivity index (χ0n) is 15.0. The lowest BCUT2D eigenvalue weighted by Crippen LogP contribution is -2.38. The van der Waals surface area contributed by atoms with Crippen LogP contribution in [-0.2, 0) is 4.79 Å². The van der Waals surface area contributed by atoms with Crippen molar-refractivity contribution in [1.29, 1.82) is 0 Å². The summed E-state index contributed by atoms with van der Waals surface area (Å²) in [5.41, 5.74) is 6.06. The Morgan fingerprint density at radius 1 is 1.00 bits per heavy atom. The van der Waals surface area contributed by atoms with Crippen molar-refractivity contribution in [2.24, 2.45) is 4.99 Å². The molecule has 2 aliphatic heterocycles. The maximum atomic E-state index is 12.6. The van der Waals surface area contributed by atoms with E-state index in [0.717, 1.165) is 30.1 Å². The first-order valence-electron chi connectivity index (χ1n) is 9.39. The summed E-state index contributed by atoms with van der Waals surface area (Å²) < 4.78 is 0. The van der Waals surface area contributed by atoms with E-state index in [0.29, 0.717) is 5.75 Å². The van der Waals surface area contributed by atoms with Crippen LogP contribution in [0, 0.1) is 0 Å². The van der Waals surface area contributed by atoms with Gasteiger partial charge in [-0.1, -0.05) is 72.4 Å². The number of carbonyl (C=O) groups excluding carboxylic acids is 1. The summed E-state index contributed by atoms with van der Waals surface area (Å²) >= 11 is 1.56. The van der Waals surface area contributed by atoms with Gasteiger partial charge in [-0.3, -0.25) is 9.69 Å². The van der Waals surface area contributed by atoms with E-state index in [2.05, 4.69) is 54.6 Å². The highest BCUT2D eigenvalue weighted by molar-refractivity contribution is 8.15. The fourth-order valence-electron chi connectivity index (χ4n) is 4.16. The Morgan fingerprint density at radius 3 is 2.52 bits per heavy atom. The van der Waals surface area contributed by atoms with Crippen molar-refractivity contribution >= 4 is 28.9 Å². The molecular formula is C23H20N2OS. The summed E-state index contributed by atoms with van der Waals surface area (Å²) in [6.07, 6.45) is 5.38. The quantitative estimate of drug-likeness (QED) is 0.726. The van der Waals surface area contributed by atoms with Crippen LogP contribution in [0.3, 0.4) is 0 Å². The van der Waals surface area contributed by atoms with Crippen molar-refractivity contribution in [1.82, 2.24) is 4.90 Å². The predicted octanol–water partition coefficient (Wildman–Crippen LogP) is 5.19. The number of hydrogen-bond donors (Lipinski definition) is 0. The van der Waals surface area contributed by atoms with Gasteiger partial charge in [0.2, 0.25) is 5.91 Å². The molecule has 1 amide bonds. The fourth-order valence-corrected chi connectivity index (χ4v) is 5.06. The normalized spacial score (nSPS) is 23.3. The van der Waals surface area contributed by atoms with Gasteiger partial charge in [-0.25, -0.2) is 4.99 Å². The SMILES string of the molecule is O=C1CSC2=NC3=C(CCC/C3=C\c3ccccc3)[C@@H](c3ccccc3)N12. The van der Waals surface area contributed by atoms with E-state index in [9.17, 15) is 4.79 Å². The summed E-state index contributed by atoms with van der Waals surface area (Å²) in [7, 11) is 0. The number of carbonyl (C=O) groups is 1. The van der Waals surface area contributed by atoms with Crippen LogP contribution in [0.4, 0.5) is 0 Å². The lowest BCUT2D eigenvalue weighted by Gasteiger charge is -2.37. The molecule has 1 aliphatic carbocycles. The van der Waals surface area contributed by atoms with Gasteiger partial charge in [0, 0.05) is 0 Å². The molecule has 0 radical (unpaired) electrons. The lowest BCUT2D eigenvalue weighted by atomic mass is 9.83. The minimum atomic E-state index is -0.0179. The Morgan fingerprint density at radius 2 is 1.74 bits per heavy atom. The van der Waals surface area contributed by atoms with Gasteiger partial charge in [0.1, 0.15) is 0 Å². The molecule has 0 aromatic heterocycles. The summed E-state index contributed by atoms with van der Waals surface area (Å²) in [5.74, 6) is 0.652. The third-order valence-electron chi connectivity index (χ3n) is 5.35. The van der Waals surface area contributed by atoms with E-state index in [1.807, 2.05) is 17.0 Å². The number of allylic oxidation sites excluding steroid dienone is 1. The van der Waals surface area contributed by atoms with Crippen LogP contribution in [0.25, 0.3) is 6.08 Å². The average Bonchev–Trinajstić information content (AvgIpc) is 3.09. The molecule has 0 unspecified atom stereocenters. The zero-order valence-corrected chi connectivity index (χ0v) is 15.8. The Bertz CT molecular complexity index is 976. The van der Waals surface area contributed by atoms with Crippen LogP contribution < -0.4 is 0 Å². The van der Waals surface area contributed by atoms with E-state index in [4.69, 9.17) is 4.99 Å². The molecular weight excluding hydrogens is 352 g/mol. The van der Waals surface area contributed by atoms with Crippen LogP contribution in [0.15, 0.2) is 82.5 Å². The first-order chi connectivity index (χ1) is 13.3. The van der Waals surface area contributed by atoms with Gasteiger partial charge in [0.05, 0.1) is 17.5 Å². The van der Waals surface area contributed by atoms with Crippen molar-refractivity contribution in [3.63, 3.8) is 0 Å². The van der Waals surface area contributed by atoms with E-state index in [1.54, 1.807) is 11.8 Å². The molecule has 2 heterocycles. The first-order valence-corrected chi connectivity index (χ1v) is 10.4. The molecule has 4 heteroatoms. The second-order valence-corrected chi connectivity index (χ2v) is 8.01. The number of aliphatic imine (C=N–C) groups is 1. The largest absolute Gasteiger partial charge is 0.279 e. The highest BCUT2D eigenvalue weighted by atomic mass is 32.2. The molecule has 3 nitrogen and oxygen atoms in total. The van der Waals surface area contributed by atoms with Crippen LogP contribution in [-0.4, -0.2) is 21.7 Å². The van der Waals surface area contributed by atoms with Crippen LogP contribution in [0.5, 0.6) is 0 Å². The molecule has 1 saturated heterocycles. The van der Waals surface area contributed by atoms with Crippen LogP contribution in [0.2, 0.25) is 0 Å². The van der Waals surface area contributed by atoms with Gasteiger partial charge >= 0.3 is 0 Å². The number of nitrogens with zero attached hydrogens (tertiary/aromatic N) is 2. The van der Waals surface area contributed by atoms with Crippen molar-refractivity contribution in [2.75, 3.05) is 5.75 Å². The molecule has 5 rings (SSSR count). The number of rotatable bonds is 2. The number of hydrogen-bond acceptors (Lipinski definition) is 3. The van der Waals surface area contributed by atoms with Crippen molar-refractivity contribution in [3.8, 4) is 0 Å². The molecule has 2 aromatic rings. The van der Waals surface area contributed by atoms with E-state index in [-0.39, 0.29) is 11.9 Å². The van der Waals surface area contributed by atoms with E-state index < -0.39 is 0 Å². The summed E-state index contributed by atoms with van der Waals surface area (Å²) in [6, 6.07) is 20.8. The number of thioether (sulfide) groups is 1. The van der Waals surface area contributed by atoms with Gasteiger partial charge in [-0.2, -0.15) is 0 Å². The Labute approximate surface area is 163 Å². The van der Waals surface area contributed by atoms with Gasteiger partial charge in [0.25, 0.3) is 0 Å². The Hall–Kier alpha value is -2.59. The maximum Gasteiger partial charge on any atom is 0.239 e. The molecule has 1 fully saturated rings. The average molecular weight is 372 g/mol. The highest BCUT2D eigenvalue weighted by Crippen LogP contribution is 2.47. The molecule has 0 saturated carbocycles. The van der Waals surface area contributed by atoms with Crippen molar-refractivity contribution in [2.45, 2.75) is 25.3 Å². The molecule has 0 bridgehead atoms. The van der Waals surface area contributed by atoms with Gasteiger partial charge in [-0.15, -0.1) is 0 Å². The minimum absolute atomic E-state index is 0.0179. The Balaban J connectivity index is 1.66. The van der Waals surface area contributed by atoms with Crippen molar-refractivity contribution < 1.29 is 4.79 Å². The molecule has 27 heavy (non-hydrogen) atoms. The molecule has 0 spiro atoms. The number of amidine groups is 1. The molecule has 0 N–H and O–H groups in total. The summed E-state index contributed by atoms with van der Waals surface area (Å²) in [6.45, 7) is 0. The predicted molar refractivity (Wildman–Crippen MR) is 111 cm³/mol. The number of benzene rings is 2. The topological polar surface area (TPSA) is 32.7 Å². The van der Waals surface area contributed by atoms with Crippen molar-refractivity contribution in [3.05, 3.63) is 88.6 Å². The fraction of sp³-hybridized carbons (Fsp3) is 0.217. The number of amides is 1. The minimum Gasteiger partial charge on any atom is -0.279 e. The molecule has 1 atom stereocenters. The van der Waals surface area contributed by atoms with Gasteiger partial charge in [0.15, 0.2) is 5.17 Å². The smallest absolute Gasteiger partial charge is 0.239 e. The summed E-state index contributed by atoms with van der Waals surface area (Å²) in [5, 5.41) is 0.855. The lowest BCUT2D eigenvalue weighted by molar-refractivity contribution is -0.125. The third kappa shape index (κ3) is 2.94. The monoisotopic (exact) mass is 372 g/mol.